The van der Waals surface area contributed by atoms with Crippen molar-refractivity contribution in [1.29, 1.82) is 0 Å². The van der Waals surface area contributed by atoms with E-state index in [1.165, 1.54) is 4.68 Å². The number of ketones is 1. The van der Waals surface area contributed by atoms with Crippen LogP contribution in [0.1, 0.15) is 22.8 Å². The van der Waals surface area contributed by atoms with Crippen LogP contribution < -0.4 is 11.0 Å². The topological polar surface area (TPSA) is 51.1 Å². The first kappa shape index (κ1) is 12.8. The van der Waals surface area contributed by atoms with Gasteiger partial charge in [0, 0.05) is 28.4 Å². The van der Waals surface area contributed by atoms with E-state index < -0.39 is 0 Å². The van der Waals surface area contributed by atoms with Crippen molar-refractivity contribution < 1.29 is 4.79 Å². The Bertz CT molecular complexity index is 986. The molecule has 0 amide bonds. The van der Waals surface area contributed by atoms with Crippen LogP contribution in [0.4, 0.5) is 0 Å². The van der Waals surface area contributed by atoms with Crippen molar-refractivity contribution >= 4 is 16.6 Å². The summed E-state index contributed by atoms with van der Waals surface area (Å²) in [6, 6.07) is 14.7. The molecule has 0 radical (unpaired) electrons. The molecule has 1 heterocycles. The average Bonchev–Trinajstić information content (AvgIpc) is 2.85. The molecule has 108 valence electrons. The largest absolute Gasteiger partial charge is 0.323 e. The number of fused-ring (bicyclic) bond motifs is 5. The maximum atomic E-state index is 12.8. The van der Waals surface area contributed by atoms with Crippen LogP contribution in [0.5, 0.6) is 0 Å². The number of aromatic nitrogens is 1. The standard InChI is InChI=1S/C18H14N2O2/c1-2-19-20-16-12-8-4-5-9-13(12)17(21)15(16)11-7-3-6-10-14(11)18(20)22/h3-10,19H,2H2,1H3. The third-order valence-corrected chi connectivity index (χ3v) is 4.06. The van der Waals surface area contributed by atoms with Crippen molar-refractivity contribution in [1.82, 2.24) is 4.68 Å². The summed E-state index contributed by atoms with van der Waals surface area (Å²) < 4.78 is 1.52. The molecule has 4 rings (SSSR count). The first-order valence-electron chi connectivity index (χ1n) is 7.29. The van der Waals surface area contributed by atoms with E-state index >= 15 is 0 Å². The zero-order chi connectivity index (χ0) is 15.3. The van der Waals surface area contributed by atoms with E-state index in [1.807, 2.05) is 49.4 Å². The molecule has 0 saturated heterocycles. The van der Waals surface area contributed by atoms with Crippen molar-refractivity contribution in [3.8, 4) is 11.3 Å². The summed E-state index contributed by atoms with van der Waals surface area (Å²) in [5.74, 6) is -0.0200. The molecule has 0 unspecified atom stereocenters. The maximum absolute atomic E-state index is 12.8. The number of hydrogen-bond acceptors (Lipinski definition) is 3. The third-order valence-electron chi connectivity index (χ3n) is 4.06. The van der Waals surface area contributed by atoms with Gasteiger partial charge in [-0.05, 0) is 13.0 Å². The molecule has 0 aliphatic heterocycles. The van der Waals surface area contributed by atoms with Crippen molar-refractivity contribution in [2.45, 2.75) is 6.92 Å². The predicted octanol–water partition coefficient (Wildman–Crippen LogP) is 2.78. The lowest BCUT2D eigenvalue weighted by Crippen LogP contribution is -2.31. The third kappa shape index (κ3) is 1.52. The summed E-state index contributed by atoms with van der Waals surface area (Å²) in [7, 11) is 0. The zero-order valence-corrected chi connectivity index (χ0v) is 12.1. The predicted molar refractivity (Wildman–Crippen MR) is 87.0 cm³/mol. The van der Waals surface area contributed by atoms with E-state index in [-0.39, 0.29) is 11.3 Å². The maximum Gasteiger partial charge on any atom is 0.277 e. The fourth-order valence-corrected chi connectivity index (χ4v) is 3.17. The van der Waals surface area contributed by atoms with Gasteiger partial charge in [0.15, 0.2) is 5.78 Å². The van der Waals surface area contributed by atoms with Gasteiger partial charge in [-0.15, -0.1) is 0 Å². The minimum atomic E-state index is -0.124. The highest BCUT2D eigenvalue weighted by molar-refractivity contribution is 6.26. The van der Waals surface area contributed by atoms with Crippen LogP contribution >= 0.6 is 0 Å². The molecule has 2 aromatic carbocycles. The molecular weight excluding hydrogens is 276 g/mol. The van der Waals surface area contributed by atoms with Gasteiger partial charge < -0.3 is 5.43 Å². The van der Waals surface area contributed by atoms with E-state index in [4.69, 9.17) is 0 Å². The highest BCUT2D eigenvalue weighted by Gasteiger charge is 2.32. The molecule has 0 fully saturated rings. The van der Waals surface area contributed by atoms with Crippen LogP contribution in [-0.4, -0.2) is 17.0 Å². The Morgan fingerprint density at radius 2 is 1.55 bits per heavy atom. The fraction of sp³-hybridized carbons (Fsp3) is 0.111. The SMILES string of the molecule is CCNn1c2c(c3ccccc3c1=O)C(=O)c1ccccc1-2. The van der Waals surface area contributed by atoms with Gasteiger partial charge in [0.1, 0.15) is 0 Å². The van der Waals surface area contributed by atoms with Gasteiger partial charge in [-0.1, -0.05) is 42.5 Å². The molecule has 1 aliphatic rings. The van der Waals surface area contributed by atoms with Crippen molar-refractivity contribution in [3.05, 3.63) is 70.0 Å². The van der Waals surface area contributed by atoms with Gasteiger partial charge >= 0.3 is 0 Å². The molecule has 4 nitrogen and oxygen atoms in total. The van der Waals surface area contributed by atoms with Gasteiger partial charge in [-0.2, -0.15) is 0 Å². The van der Waals surface area contributed by atoms with Crippen LogP contribution in [0.25, 0.3) is 22.0 Å². The van der Waals surface area contributed by atoms with Gasteiger partial charge in [-0.3, -0.25) is 9.59 Å². The van der Waals surface area contributed by atoms with Crippen LogP contribution in [0.15, 0.2) is 53.3 Å². The minimum Gasteiger partial charge on any atom is -0.323 e. The van der Waals surface area contributed by atoms with E-state index in [1.54, 1.807) is 6.07 Å². The summed E-state index contributed by atoms with van der Waals surface area (Å²) >= 11 is 0. The summed E-state index contributed by atoms with van der Waals surface area (Å²) in [4.78, 5) is 25.6. The molecule has 22 heavy (non-hydrogen) atoms. The quantitative estimate of drug-likeness (QED) is 0.617. The molecule has 1 aromatic heterocycles. The minimum absolute atomic E-state index is 0.0200. The Balaban J connectivity index is 2.24. The number of carbonyl (C=O) groups excluding carboxylic acids is 1. The first-order valence-corrected chi connectivity index (χ1v) is 7.29. The number of nitrogens with zero attached hydrogens (tertiary/aromatic N) is 1. The number of pyridine rings is 1. The second-order valence-electron chi connectivity index (χ2n) is 5.30. The number of rotatable bonds is 2. The summed E-state index contributed by atoms with van der Waals surface area (Å²) in [6.07, 6.45) is 0. The van der Waals surface area contributed by atoms with Crippen molar-refractivity contribution in [2.75, 3.05) is 12.0 Å². The number of hydrogen-bond donors (Lipinski definition) is 1. The van der Waals surface area contributed by atoms with E-state index in [0.717, 1.165) is 10.9 Å². The van der Waals surface area contributed by atoms with E-state index in [2.05, 4.69) is 5.43 Å². The van der Waals surface area contributed by atoms with Crippen molar-refractivity contribution in [3.63, 3.8) is 0 Å². The lowest BCUT2D eigenvalue weighted by atomic mass is 10.0. The normalized spacial score (nSPS) is 12.3. The molecule has 0 spiro atoms. The van der Waals surface area contributed by atoms with Gasteiger partial charge in [-0.25, -0.2) is 4.68 Å². The Hall–Kier alpha value is -2.88. The zero-order valence-electron chi connectivity index (χ0n) is 12.1. The van der Waals surface area contributed by atoms with Crippen LogP contribution in [0, 0.1) is 0 Å². The lowest BCUT2D eigenvalue weighted by Gasteiger charge is -2.15. The number of nitrogens with one attached hydrogen (secondary N) is 1. The summed E-state index contributed by atoms with van der Waals surface area (Å²) in [5.41, 5.74) is 5.70. The molecule has 1 aliphatic carbocycles. The van der Waals surface area contributed by atoms with Crippen LogP contribution in [0.2, 0.25) is 0 Å². The molecule has 1 N–H and O–H groups in total. The summed E-state index contributed by atoms with van der Waals surface area (Å²) in [5, 5.41) is 1.28. The van der Waals surface area contributed by atoms with Crippen LogP contribution in [0.3, 0.4) is 0 Å². The highest BCUT2D eigenvalue weighted by Crippen LogP contribution is 2.38. The van der Waals surface area contributed by atoms with Gasteiger partial charge in [0.25, 0.3) is 5.56 Å². The smallest absolute Gasteiger partial charge is 0.277 e. The fourth-order valence-electron chi connectivity index (χ4n) is 3.17. The van der Waals surface area contributed by atoms with E-state index in [9.17, 15) is 9.59 Å². The Morgan fingerprint density at radius 3 is 2.27 bits per heavy atom. The van der Waals surface area contributed by atoms with Crippen molar-refractivity contribution in [2.24, 2.45) is 0 Å². The molecular formula is C18H14N2O2. The monoisotopic (exact) mass is 290 g/mol. The average molecular weight is 290 g/mol. The molecule has 0 atom stereocenters. The Morgan fingerprint density at radius 1 is 0.909 bits per heavy atom. The molecule has 0 saturated carbocycles. The Kier molecular flexibility index (Phi) is 2.66. The lowest BCUT2D eigenvalue weighted by molar-refractivity contribution is 0.104. The van der Waals surface area contributed by atoms with Gasteiger partial charge in [0.2, 0.25) is 0 Å². The second-order valence-corrected chi connectivity index (χ2v) is 5.30. The first-order chi connectivity index (χ1) is 10.7. The Labute approximate surface area is 127 Å². The number of carbonyl (C=O) groups is 1. The summed E-state index contributed by atoms with van der Waals surface area (Å²) in [6.45, 7) is 2.53. The molecule has 3 aromatic rings. The van der Waals surface area contributed by atoms with Gasteiger partial charge in [0.05, 0.1) is 11.3 Å². The van der Waals surface area contributed by atoms with Crippen LogP contribution in [-0.2, 0) is 0 Å². The molecule has 4 heteroatoms. The molecule has 0 bridgehead atoms. The second kappa shape index (κ2) is 4.56. The highest BCUT2D eigenvalue weighted by atomic mass is 16.1. The number of benzene rings is 2. The van der Waals surface area contributed by atoms with E-state index in [0.29, 0.717) is 28.8 Å².